The van der Waals surface area contributed by atoms with E-state index in [1.807, 2.05) is 0 Å². The number of rotatable bonds is 5. The van der Waals surface area contributed by atoms with E-state index in [0.29, 0.717) is 11.9 Å². The normalized spacial score (nSPS) is 12.6. The summed E-state index contributed by atoms with van der Waals surface area (Å²) in [4.78, 5) is 0. The number of nitrogens with two attached hydrogens (primary N) is 1. The molecule has 0 fully saturated rings. The Morgan fingerprint density at radius 1 is 1.33 bits per heavy atom. The van der Waals surface area contributed by atoms with E-state index in [0.717, 1.165) is 24.0 Å². The van der Waals surface area contributed by atoms with Crippen molar-refractivity contribution in [3.63, 3.8) is 0 Å². The number of nitrogens with one attached hydrogen (secondary N) is 1. The molecule has 0 aliphatic heterocycles. The number of aromatic amines is 1. The lowest BCUT2D eigenvalue weighted by molar-refractivity contribution is 0.111. The number of aryl methyl sites for hydroxylation is 1. The number of H-pyrrole nitrogens is 1. The Bertz CT molecular complexity index is 490. The van der Waals surface area contributed by atoms with Crippen molar-refractivity contribution < 1.29 is 4.74 Å². The molecule has 0 saturated heterocycles. The first kappa shape index (κ1) is 12.6. The van der Waals surface area contributed by atoms with E-state index < -0.39 is 0 Å². The maximum atomic E-state index is 5.79. The highest BCUT2D eigenvalue weighted by Crippen LogP contribution is 2.24. The molecule has 18 heavy (non-hydrogen) atoms. The minimum atomic E-state index is 0.300. The Kier molecular flexibility index (Phi) is 3.99. The molecule has 0 spiro atoms. The molecule has 1 heterocycles. The number of ether oxygens (including phenoxy) is 1. The van der Waals surface area contributed by atoms with Crippen LogP contribution in [-0.2, 0) is 11.2 Å². The Morgan fingerprint density at radius 2 is 2.06 bits per heavy atom. The molecule has 4 nitrogen and oxygen atoms in total. The average Bonchev–Trinajstić information content (AvgIpc) is 2.83. The van der Waals surface area contributed by atoms with Crippen LogP contribution in [0.15, 0.2) is 30.5 Å². The summed E-state index contributed by atoms with van der Waals surface area (Å²) >= 11 is 0. The smallest absolute Gasteiger partial charge is 0.126 e. The molecule has 1 aromatic carbocycles. The van der Waals surface area contributed by atoms with Gasteiger partial charge in [-0.25, -0.2) is 0 Å². The summed E-state index contributed by atoms with van der Waals surface area (Å²) in [5.41, 5.74) is 9.14. The van der Waals surface area contributed by atoms with Crippen LogP contribution in [0.25, 0.3) is 11.1 Å². The number of hydrogen-bond donors (Lipinski definition) is 2. The fourth-order valence-corrected chi connectivity index (χ4v) is 1.86. The molecule has 0 radical (unpaired) electrons. The second-order valence-corrected chi connectivity index (χ2v) is 4.48. The number of methoxy groups -OCH3 is 1. The van der Waals surface area contributed by atoms with Crippen LogP contribution >= 0.6 is 0 Å². The number of aromatic nitrogens is 2. The predicted molar refractivity (Wildman–Crippen MR) is 73.2 cm³/mol. The van der Waals surface area contributed by atoms with Crippen LogP contribution in [0.3, 0.4) is 0 Å². The highest BCUT2D eigenvalue weighted by molar-refractivity contribution is 5.72. The zero-order valence-corrected chi connectivity index (χ0v) is 10.8. The minimum absolute atomic E-state index is 0.300. The van der Waals surface area contributed by atoms with Crippen LogP contribution in [0.5, 0.6) is 0 Å². The summed E-state index contributed by atoms with van der Waals surface area (Å²) in [6, 6.07) is 8.41. The summed E-state index contributed by atoms with van der Waals surface area (Å²) in [7, 11) is 1.75. The van der Waals surface area contributed by atoms with Crippen LogP contribution in [0.4, 0.5) is 5.82 Å². The SMILES string of the molecule is COC(C)CCc1ccc(-c2cn[nH]c2N)cc1. The molecule has 1 aromatic heterocycles. The van der Waals surface area contributed by atoms with E-state index in [-0.39, 0.29) is 0 Å². The summed E-state index contributed by atoms with van der Waals surface area (Å²) in [6.45, 7) is 2.08. The second-order valence-electron chi connectivity index (χ2n) is 4.48. The maximum Gasteiger partial charge on any atom is 0.126 e. The van der Waals surface area contributed by atoms with Crippen LogP contribution in [-0.4, -0.2) is 23.4 Å². The van der Waals surface area contributed by atoms with Gasteiger partial charge in [0.2, 0.25) is 0 Å². The number of nitrogens with zero attached hydrogens (tertiary/aromatic N) is 1. The monoisotopic (exact) mass is 245 g/mol. The first-order valence-corrected chi connectivity index (χ1v) is 6.11. The van der Waals surface area contributed by atoms with Crippen LogP contribution in [0.2, 0.25) is 0 Å². The van der Waals surface area contributed by atoms with Gasteiger partial charge in [0, 0.05) is 12.7 Å². The van der Waals surface area contributed by atoms with Crippen molar-refractivity contribution in [2.45, 2.75) is 25.9 Å². The zero-order valence-electron chi connectivity index (χ0n) is 10.8. The van der Waals surface area contributed by atoms with Crippen molar-refractivity contribution in [3.8, 4) is 11.1 Å². The van der Waals surface area contributed by atoms with Gasteiger partial charge in [-0.2, -0.15) is 5.10 Å². The lowest BCUT2D eigenvalue weighted by Gasteiger charge is -2.09. The first-order valence-electron chi connectivity index (χ1n) is 6.11. The van der Waals surface area contributed by atoms with Crippen molar-refractivity contribution >= 4 is 5.82 Å². The van der Waals surface area contributed by atoms with Crippen molar-refractivity contribution in [2.24, 2.45) is 0 Å². The molecule has 1 unspecified atom stereocenters. The van der Waals surface area contributed by atoms with Gasteiger partial charge >= 0.3 is 0 Å². The third-order valence-electron chi connectivity index (χ3n) is 3.18. The second kappa shape index (κ2) is 5.69. The first-order chi connectivity index (χ1) is 8.70. The molecular formula is C14H19N3O. The van der Waals surface area contributed by atoms with E-state index in [2.05, 4.69) is 41.4 Å². The third kappa shape index (κ3) is 2.90. The van der Waals surface area contributed by atoms with E-state index in [1.165, 1.54) is 5.56 Å². The molecule has 96 valence electrons. The Hall–Kier alpha value is -1.81. The zero-order chi connectivity index (χ0) is 13.0. The van der Waals surface area contributed by atoms with Gasteiger partial charge < -0.3 is 10.5 Å². The van der Waals surface area contributed by atoms with Crippen molar-refractivity contribution in [3.05, 3.63) is 36.0 Å². The summed E-state index contributed by atoms with van der Waals surface area (Å²) in [5, 5.41) is 6.67. The number of hydrogen-bond acceptors (Lipinski definition) is 3. The molecule has 0 bridgehead atoms. The quantitative estimate of drug-likeness (QED) is 0.851. The van der Waals surface area contributed by atoms with Gasteiger partial charge in [0.25, 0.3) is 0 Å². The molecule has 2 rings (SSSR count). The van der Waals surface area contributed by atoms with Gasteiger partial charge in [-0.1, -0.05) is 24.3 Å². The Morgan fingerprint density at radius 3 is 2.61 bits per heavy atom. The van der Waals surface area contributed by atoms with Gasteiger partial charge in [-0.3, -0.25) is 5.10 Å². The van der Waals surface area contributed by atoms with E-state index >= 15 is 0 Å². The molecule has 4 heteroatoms. The van der Waals surface area contributed by atoms with Crippen molar-refractivity contribution in [2.75, 3.05) is 12.8 Å². The maximum absolute atomic E-state index is 5.79. The highest BCUT2D eigenvalue weighted by Gasteiger charge is 2.05. The molecule has 2 aromatic rings. The van der Waals surface area contributed by atoms with Crippen molar-refractivity contribution in [1.29, 1.82) is 0 Å². The molecule has 0 aliphatic rings. The number of benzene rings is 1. The summed E-state index contributed by atoms with van der Waals surface area (Å²) < 4.78 is 5.24. The number of anilines is 1. The van der Waals surface area contributed by atoms with Gasteiger partial charge in [0.05, 0.1) is 12.3 Å². The van der Waals surface area contributed by atoms with E-state index in [9.17, 15) is 0 Å². The van der Waals surface area contributed by atoms with Crippen LogP contribution < -0.4 is 5.73 Å². The third-order valence-corrected chi connectivity index (χ3v) is 3.18. The topological polar surface area (TPSA) is 63.9 Å². The molecule has 1 atom stereocenters. The van der Waals surface area contributed by atoms with Gasteiger partial charge in [-0.05, 0) is 30.9 Å². The Labute approximate surface area is 107 Å². The molecule has 3 N–H and O–H groups in total. The van der Waals surface area contributed by atoms with E-state index in [4.69, 9.17) is 10.5 Å². The summed E-state index contributed by atoms with van der Waals surface area (Å²) in [6.07, 6.45) is 4.10. The highest BCUT2D eigenvalue weighted by atomic mass is 16.5. The number of nitrogen functional groups attached to an aromatic ring is 1. The molecule has 0 saturated carbocycles. The Balaban J connectivity index is 2.04. The van der Waals surface area contributed by atoms with Crippen LogP contribution in [0.1, 0.15) is 18.9 Å². The summed E-state index contributed by atoms with van der Waals surface area (Å²) in [5.74, 6) is 0.607. The van der Waals surface area contributed by atoms with Crippen molar-refractivity contribution in [1.82, 2.24) is 10.2 Å². The fraction of sp³-hybridized carbons (Fsp3) is 0.357. The lowest BCUT2D eigenvalue weighted by atomic mass is 10.0. The van der Waals surface area contributed by atoms with Gasteiger partial charge in [0.15, 0.2) is 0 Å². The largest absolute Gasteiger partial charge is 0.384 e. The van der Waals surface area contributed by atoms with Gasteiger partial charge in [-0.15, -0.1) is 0 Å². The van der Waals surface area contributed by atoms with E-state index in [1.54, 1.807) is 13.3 Å². The fourth-order valence-electron chi connectivity index (χ4n) is 1.86. The standard InChI is InChI=1S/C14H19N3O/c1-10(18-2)3-4-11-5-7-12(8-6-11)13-9-16-17-14(13)15/h5-10H,3-4H2,1-2H3,(H3,15,16,17). The van der Waals surface area contributed by atoms with Crippen LogP contribution in [0, 0.1) is 0 Å². The molecular weight excluding hydrogens is 226 g/mol. The van der Waals surface area contributed by atoms with Gasteiger partial charge in [0.1, 0.15) is 5.82 Å². The molecule has 0 amide bonds. The molecule has 0 aliphatic carbocycles. The lowest BCUT2D eigenvalue weighted by Crippen LogP contribution is -2.05. The minimum Gasteiger partial charge on any atom is -0.384 e. The average molecular weight is 245 g/mol. The predicted octanol–water partition coefficient (Wildman–Crippen LogP) is 2.63.